The topological polar surface area (TPSA) is 0 Å². The molecule has 0 saturated heterocycles. The maximum absolute atomic E-state index is 2.65. The summed E-state index contributed by atoms with van der Waals surface area (Å²) >= 11 is -2.01. The first-order valence-corrected chi connectivity index (χ1v) is 23.1. The quantitative estimate of drug-likeness (QED) is 0.459. The van der Waals surface area contributed by atoms with Crippen LogP contribution >= 0.6 is 0 Å². The Morgan fingerprint density at radius 3 is 1.36 bits per heavy atom. The van der Waals surface area contributed by atoms with Gasteiger partial charge in [-0.2, -0.15) is 0 Å². The molecule has 2 atom stereocenters. The first-order valence-electron chi connectivity index (χ1n) is 9.83. The van der Waals surface area contributed by atoms with Gasteiger partial charge in [-0.25, -0.2) is 0 Å². The second kappa shape index (κ2) is 9.16. The molecule has 147 valence electrons. The van der Waals surface area contributed by atoms with Crippen LogP contribution in [-0.2, 0) is 20.6 Å². The van der Waals surface area contributed by atoms with Crippen LogP contribution in [0, 0.1) is 0 Å². The Hall–Kier alpha value is -0.413. The Balaban J connectivity index is 0.00000140. The van der Waals surface area contributed by atoms with Gasteiger partial charge in [-0.1, -0.05) is 0 Å². The average Bonchev–Trinajstić information content (AvgIpc) is 3.03. The number of benzene rings is 2. The Labute approximate surface area is 191 Å². The van der Waals surface area contributed by atoms with Crippen LogP contribution in [0.2, 0.25) is 13.1 Å². The molecule has 2 aromatic carbocycles. The van der Waals surface area contributed by atoms with Gasteiger partial charge in [-0.15, -0.1) is 0 Å². The molecule has 4 rings (SSSR count). The molecule has 0 radical (unpaired) electrons. The minimum Gasteiger partial charge on any atom is -1.00 e. The predicted molar refractivity (Wildman–Crippen MR) is 114 cm³/mol. The van der Waals surface area contributed by atoms with Crippen LogP contribution < -0.4 is 24.8 Å². The van der Waals surface area contributed by atoms with Crippen LogP contribution in [0.4, 0.5) is 0 Å². The molecule has 4 heteroatoms. The monoisotopic (exact) mass is 595 g/mol. The minimum absolute atomic E-state index is 0. The van der Waals surface area contributed by atoms with Crippen molar-refractivity contribution >= 4 is 17.1 Å². The van der Waals surface area contributed by atoms with Crippen LogP contribution in [0.3, 0.4) is 0 Å². The van der Waals surface area contributed by atoms with Crippen molar-refractivity contribution in [3.8, 4) is 0 Å². The predicted octanol–water partition coefficient (Wildman–Crippen LogP) is 0.693. The van der Waals surface area contributed by atoms with Crippen LogP contribution in [0.1, 0.15) is 57.3 Å². The average molecular weight is 595 g/mol. The van der Waals surface area contributed by atoms with Crippen LogP contribution in [-0.4, -0.2) is 5.98 Å². The molecule has 0 aromatic heterocycles. The Bertz CT molecular complexity index is 872. The van der Waals surface area contributed by atoms with Crippen LogP contribution in [0.25, 0.3) is 11.1 Å². The molecule has 2 aromatic rings. The first-order chi connectivity index (χ1) is 12.4. The van der Waals surface area contributed by atoms with E-state index in [9.17, 15) is 0 Å². The molecule has 2 aliphatic carbocycles. The maximum Gasteiger partial charge on any atom is -1.00 e. The van der Waals surface area contributed by atoms with E-state index < -0.39 is 26.6 Å². The van der Waals surface area contributed by atoms with Crippen molar-refractivity contribution in [3.63, 3.8) is 0 Å². The van der Waals surface area contributed by atoms with Gasteiger partial charge in [0.15, 0.2) is 0 Å². The van der Waals surface area contributed by atoms with Gasteiger partial charge in [-0.05, 0) is 0 Å². The van der Waals surface area contributed by atoms with E-state index in [-0.39, 0.29) is 24.8 Å². The van der Waals surface area contributed by atoms with Crippen molar-refractivity contribution in [1.29, 1.82) is 0 Å². The summed E-state index contributed by atoms with van der Waals surface area (Å²) in [5.74, 6) is -0.696. The number of halogens is 2. The molecule has 0 amide bonds. The molecule has 2 aliphatic rings. The van der Waals surface area contributed by atoms with Gasteiger partial charge >= 0.3 is 168 Å². The molecular weight excluding hydrogens is 566 g/mol. The summed E-state index contributed by atoms with van der Waals surface area (Å²) in [7, 11) is 0. The molecular formula is C24H29Cl2HfSi. The van der Waals surface area contributed by atoms with Crippen molar-refractivity contribution in [2.75, 3.05) is 0 Å². The molecule has 0 nitrogen and oxygen atoms in total. The molecule has 28 heavy (non-hydrogen) atoms. The van der Waals surface area contributed by atoms with Gasteiger partial charge in [0.05, 0.1) is 0 Å². The maximum atomic E-state index is 2.65. The first kappa shape index (κ1) is 23.9. The van der Waals surface area contributed by atoms with Gasteiger partial charge in [-0.3, -0.25) is 0 Å². The fourth-order valence-corrected chi connectivity index (χ4v) is 38.7. The summed E-state index contributed by atoms with van der Waals surface area (Å²) in [5, 5.41) is 0. The van der Waals surface area contributed by atoms with Crippen molar-refractivity contribution in [3.05, 3.63) is 81.9 Å². The number of rotatable bonds is 3. The summed E-state index contributed by atoms with van der Waals surface area (Å²) in [5.41, 5.74) is 12.9. The van der Waals surface area contributed by atoms with E-state index in [1.807, 2.05) is 0 Å². The SMILES string of the molecule is CC1=C(C)[CH]([Hf+2]([CH]2C(C)=C(C)c3ccccc32)[SiH](C)C)c2ccccc21.[Cl-].[Cl-]. The number of allylic oxidation sites excluding steroid dienone is 4. The summed E-state index contributed by atoms with van der Waals surface area (Å²) in [6.07, 6.45) is 0. The number of fused-ring (bicyclic) bond motifs is 2. The second-order valence-corrected chi connectivity index (χ2v) is 36.3. The summed E-state index contributed by atoms with van der Waals surface area (Å²) in [6.45, 7) is 14.9. The molecule has 0 fully saturated rings. The molecule has 0 N–H and O–H groups in total. The molecule has 0 spiro atoms. The van der Waals surface area contributed by atoms with E-state index in [0.29, 0.717) is 0 Å². The number of hydrogen-bond acceptors (Lipinski definition) is 0. The Kier molecular flexibility index (Phi) is 7.81. The second-order valence-electron chi connectivity index (χ2n) is 8.31. The summed E-state index contributed by atoms with van der Waals surface area (Å²) in [6, 6.07) is 18.6. The zero-order valence-corrected chi connectivity index (χ0v) is 23.9. The van der Waals surface area contributed by atoms with E-state index in [1.54, 1.807) is 33.4 Å². The van der Waals surface area contributed by atoms with Crippen molar-refractivity contribution in [2.24, 2.45) is 0 Å². The van der Waals surface area contributed by atoms with Gasteiger partial charge in [0.1, 0.15) is 0 Å². The van der Waals surface area contributed by atoms with Gasteiger partial charge < -0.3 is 24.8 Å². The van der Waals surface area contributed by atoms with E-state index >= 15 is 0 Å². The van der Waals surface area contributed by atoms with Crippen molar-refractivity contribution < 1.29 is 45.4 Å². The third-order valence-electron chi connectivity index (χ3n) is 6.73. The van der Waals surface area contributed by atoms with Crippen LogP contribution in [0.5, 0.6) is 0 Å². The van der Waals surface area contributed by atoms with Crippen LogP contribution in [0.15, 0.2) is 59.7 Å². The summed E-state index contributed by atoms with van der Waals surface area (Å²) in [4.78, 5) is 0. The number of hydrogen-bond donors (Lipinski definition) is 0. The third kappa shape index (κ3) is 3.60. The minimum atomic E-state index is -2.01. The standard InChI is InChI=1S/2C11H11.C2H7Si.2ClH.Hf/c2*1-8-7-10-5-3-4-6-11(10)9(8)2;1-3-2;;;/h2*3-7H,1-2H3;3H,1-2H3;2*1H;/q;;;;;+2/p-2. The van der Waals surface area contributed by atoms with Gasteiger partial charge in [0.25, 0.3) is 0 Å². The zero-order chi connectivity index (χ0) is 18.6. The molecule has 0 saturated carbocycles. The molecule has 0 heterocycles. The van der Waals surface area contributed by atoms with Gasteiger partial charge in [0.2, 0.25) is 0 Å². The smallest absolute Gasteiger partial charge is 1.00 e. The molecule has 0 bridgehead atoms. The van der Waals surface area contributed by atoms with E-state index in [0.717, 1.165) is 7.35 Å². The zero-order valence-electron chi connectivity index (χ0n) is 17.6. The van der Waals surface area contributed by atoms with E-state index in [4.69, 9.17) is 0 Å². The van der Waals surface area contributed by atoms with Crippen molar-refractivity contribution in [1.82, 2.24) is 0 Å². The molecule has 2 unspecified atom stereocenters. The van der Waals surface area contributed by atoms with E-state index in [2.05, 4.69) is 89.3 Å². The fraction of sp³-hybridized carbons (Fsp3) is 0.333. The largest absolute Gasteiger partial charge is 1.00 e. The molecule has 0 aliphatic heterocycles. The van der Waals surface area contributed by atoms with E-state index in [1.165, 1.54) is 11.1 Å². The Morgan fingerprint density at radius 1 is 0.643 bits per heavy atom. The normalized spacial score (nSPS) is 20.0. The van der Waals surface area contributed by atoms with Crippen molar-refractivity contribution in [2.45, 2.75) is 48.1 Å². The third-order valence-corrected chi connectivity index (χ3v) is 38.0. The summed E-state index contributed by atoms with van der Waals surface area (Å²) < 4.78 is 1.59. The Morgan fingerprint density at radius 2 is 1.00 bits per heavy atom. The fourth-order valence-electron chi connectivity index (χ4n) is 5.20. The van der Waals surface area contributed by atoms with Gasteiger partial charge in [0, 0.05) is 0 Å².